The minimum absolute atomic E-state index is 0.722. The molecular formula is C20H13N5O. The first-order valence-corrected chi connectivity index (χ1v) is 8.16. The Bertz CT molecular complexity index is 1220. The van der Waals surface area contributed by atoms with E-state index in [1.807, 2.05) is 71.3 Å². The average molecular weight is 339 g/mol. The molecule has 0 aliphatic heterocycles. The molecule has 0 atom stereocenters. The Hall–Kier alpha value is -3.80. The molecule has 0 N–H and O–H groups in total. The van der Waals surface area contributed by atoms with Crippen LogP contribution in [0.3, 0.4) is 0 Å². The molecule has 0 unspecified atom stereocenters. The number of rotatable bonds is 3. The second kappa shape index (κ2) is 5.93. The third-order valence-electron chi connectivity index (χ3n) is 4.09. The molecule has 0 aliphatic rings. The minimum atomic E-state index is 0.722. The summed E-state index contributed by atoms with van der Waals surface area (Å²) in [6.07, 6.45) is 5.34. The highest BCUT2D eigenvalue weighted by molar-refractivity contribution is 5.82. The van der Waals surface area contributed by atoms with Gasteiger partial charge >= 0.3 is 0 Å². The van der Waals surface area contributed by atoms with E-state index in [2.05, 4.69) is 15.2 Å². The Balaban J connectivity index is 1.53. The molecule has 4 heterocycles. The molecule has 0 saturated carbocycles. The van der Waals surface area contributed by atoms with Gasteiger partial charge in [0.1, 0.15) is 17.2 Å². The molecule has 0 fully saturated rings. The Kier molecular flexibility index (Phi) is 3.31. The number of aromatic nitrogens is 5. The zero-order valence-electron chi connectivity index (χ0n) is 13.6. The predicted octanol–water partition coefficient (Wildman–Crippen LogP) is 4.13. The summed E-state index contributed by atoms with van der Waals surface area (Å²) in [6, 6.07) is 19.2. The van der Waals surface area contributed by atoms with Crippen molar-refractivity contribution in [1.29, 1.82) is 0 Å². The van der Waals surface area contributed by atoms with Gasteiger partial charge in [-0.2, -0.15) is 0 Å². The van der Waals surface area contributed by atoms with Crippen molar-refractivity contribution in [2.75, 3.05) is 0 Å². The van der Waals surface area contributed by atoms with E-state index in [0.29, 0.717) is 0 Å². The number of nitrogens with zero attached hydrogens (tertiary/aromatic N) is 5. The normalized spacial score (nSPS) is 11.1. The van der Waals surface area contributed by atoms with E-state index in [1.165, 1.54) is 0 Å². The summed E-state index contributed by atoms with van der Waals surface area (Å²) in [7, 11) is 0. The van der Waals surface area contributed by atoms with Crippen LogP contribution in [-0.4, -0.2) is 24.6 Å². The summed E-state index contributed by atoms with van der Waals surface area (Å²) in [5, 5.41) is 9.44. The first-order chi connectivity index (χ1) is 12.9. The topological polar surface area (TPSA) is 65.2 Å². The van der Waals surface area contributed by atoms with Gasteiger partial charge in [-0.15, -0.1) is 10.2 Å². The molecule has 1 aromatic carbocycles. The maximum atomic E-state index is 5.85. The van der Waals surface area contributed by atoms with Gasteiger partial charge in [0.15, 0.2) is 11.5 Å². The zero-order chi connectivity index (χ0) is 17.3. The fourth-order valence-electron chi connectivity index (χ4n) is 2.85. The average Bonchev–Trinajstić information content (AvgIpc) is 3.13. The van der Waals surface area contributed by atoms with Crippen molar-refractivity contribution in [2.45, 2.75) is 0 Å². The molecule has 6 nitrogen and oxygen atoms in total. The highest BCUT2D eigenvalue weighted by Crippen LogP contribution is 2.26. The van der Waals surface area contributed by atoms with Gasteiger partial charge in [0, 0.05) is 24.0 Å². The molecule has 5 aromatic rings. The van der Waals surface area contributed by atoms with E-state index in [-0.39, 0.29) is 0 Å². The monoisotopic (exact) mass is 339 g/mol. The van der Waals surface area contributed by atoms with Crippen LogP contribution in [-0.2, 0) is 0 Å². The molecule has 0 bridgehead atoms. The molecule has 0 amide bonds. The first-order valence-electron chi connectivity index (χ1n) is 8.16. The highest BCUT2D eigenvalue weighted by atomic mass is 16.5. The lowest BCUT2D eigenvalue weighted by Crippen LogP contribution is -1.92. The van der Waals surface area contributed by atoms with Crippen LogP contribution in [0, 0.1) is 0 Å². The summed E-state index contributed by atoms with van der Waals surface area (Å²) in [5.74, 6) is 2.23. The van der Waals surface area contributed by atoms with E-state index < -0.39 is 0 Å². The van der Waals surface area contributed by atoms with E-state index in [9.17, 15) is 0 Å². The summed E-state index contributed by atoms with van der Waals surface area (Å²) in [5.41, 5.74) is 2.45. The number of ether oxygens (including phenoxy) is 1. The second-order valence-corrected chi connectivity index (χ2v) is 5.79. The third kappa shape index (κ3) is 2.53. The maximum Gasteiger partial charge on any atom is 0.187 e. The summed E-state index contributed by atoms with van der Waals surface area (Å²) in [4.78, 5) is 8.72. The fourth-order valence-corrected chi connectivity index (χ4v) is 2.85. The van der Waals surface area contributed by atoms with Crippen molar-refractivity contribution in [2.24, 2.45) is 0 Å². The molecule has 0 spiro atoms. The van der Waals surface area contributed by atoms with Gasteiger partial charge in [-0.05, 0) is 48.5 Å². The Labute approximate surface area is 148 Å². The third-order valence-corrected chi connectivity index (χ3v) is 4.09. The molecule has 0 saturated heterocycles. The summed E-state index contributed by atoms with van der Waals surface area (Å²) < 4.78 is 7.78. The first kappa shape index (κ1) is 14.5. The Morgan fingerprint density at radius 3 is 2.65 bits per heavy atom. The van der Waals surface area contributed by atoms with Crippen molar-refractivity contribution in [1.82, 2.24) is 24.6 Å². The van der Waals surface area contributed by atoms with Crippen LogP contribution in [0.25, 0.3) is 28.1 Å². The fraction of sp³-hybridized carbons (Fsp3) is 0. The number of pyridine rings is 3. The molecule has 0 aliphatic carbocycles. The van der Waals surface area contributed by atoms with Crippen molar-refractivity contribution >= 4 is 16.6 Å². The predicted molar refractivity (Wildman–Crippen MR) is 98.0 cm³/mol. The van der Waals surface area contributed by atoms with Gasteiger partial charge < -0.3 is 4.74 Å². The number of benzene rings is 1. The number of fused-ring (bicyclic) bond motifs is 2. The van der Waals surface area contributed by atoms with E-state index >= 15 is 0 Å². The van der Waals surface area contributed by atoms with Crippen LogP contribution in [0.15, 0.2) is 79.3 Å². The van der Waals surface area contributed by atoms with Gasteiger partial charge in [-0.1, -0.05) is 12.1 Å². The number of hydrogen-bond donors (Lipinski definition) is 0. The van der Waals surface area contributed by atoms with E-state index in [0.717, 1.165) is 39.6 Å². The van der Waals surface area contributed by atoms with Crippen LogP contribution in [0.4, 0.5) is 0 Å². The van der Waals surface area contributed by atoms with Gasteiger partial charge in [0.25, 0.3) is 0 Å². The van der Waals surface area contributed by atoms with Crippen LogP contribution >= 0.6 is 0 Å². The van der Waals surface area contributed by atoms with Crippen molar-refractivity contribution in [3.63, 3.8) is 0 Å². The Morgan fingerprint density at radius 2 is 1.73 bits per heavy atom. The van der Waals surface area contributed by atoms with Gasteiger partial charge in [-0.25, -0.2) is 4.98 Å². The van der Waals surface area contributed by atoms with Gasteiger partial charge in [-0.3, -0.25) is 9.38 Å². The molecule has 6 heteroatoms. The molecule has 26 heavy (non-hydrogen) atoms. The van der Waals surface area contributed by atoms with Gasteiger partial charge in [0.05, 0.1) is 5.52 Å². The summed E-state index contributed by atoms with van der Waals surface area (Å²) >= 11 is 0. The smallest absolute Gasteiger partial charge is 0.187 e. The quantitative estimate of drug-likeness (QED) is 0.494. The lowest BCUT2D eigenvalue weighted by molar-refractivity contribution is 0.482. The molecule has 5 rings (SSSR count). The highest BCUT2D eigenvalue weighted by Gasteiger charge is 2.10. The van der Waals surface area contributed by atoms with Crippen molar-refractivity contribution in [3.8, 4) is 23.0 Å². The second-order valence-electron chi connectivity index (χ2n) is 5.79. The maximum absolute atomic E-state index is 5.85. The minimum Gasteiger partial charge on any atom is -0.457 e. The summed E-state index contributed by atoms with van der Waals surface area (Å²) in [6.45, 7) is 0. The van der Waals surface area contributed by atoms with Crippen molar-refractivity contribution in [3.05, 3.63) is 79.3 Å². The molecule has 4 aromatic heterocycles. The van der Waals surface area contributed by atoms with Crippen LogP contribution in [0.1, 0.15) is 0 Å². The van der Waals surface area contributed by atoms with E-state index in [4.69, 9.17) is 9.72 Å². The van der Waals surface area contributed by atoms with Crippen molar-refractivity contribution < 1.29 is 4.74 Å². The standard InChI is InChI=1S/C20H13N5O/c1-2-12-25-19(3-1)23-24-20(25)18-6-4-14-13-16(5-7-17(14)22-18)26-15-8-10-21-11-9-15/h1-13H. The lowest BCUT2D eigenvalue weighted by atomic mass is 10.2. The van der Waals surface area contributed by atoms with E-state index in [1.54, 1.807) is 12.4 Å². The number of hydrogen-bond acceptors (Lipinski definition) is 5. The largest absolute Gasteiger partial charge is 0.457 e. The van der Waals surface area contributed by atoms with Crippen LogP contribution in [0.5, 0.6) is 11.5 Å². The molecular weight excluding hydrogens is 326 g/mol. The lowest BCUT2D eigenvalue weighted by Gasteiger charge is -2.07. The zero-order valence-corrected chi connectivity index (χ0v) is 13.6. The SMILES string of the molecule is c1ccn2c(-c3ccc4cc(Oc5ccncc5)ccc4n3)nnc2c1. The van der Waals surface area contributed by atoms with Gasteiger partial charge in [0.2, 0.25) is 0 Å². The molecule has 124 valence electrons. The van der Waals surface area contributed by atoms with Crippen LogP contribution in [0.2, 0.25) is 0 Å². The molecule has 0 radical (unpaired) electrons. The van der Waals surface area contributed by atoms with Crippen LogP contribution < -0.4 is 4.74 Å². The Morgan fingerprint density at radius 1 is 0.808 bits per heavy atom.